The molecule has 0 unspecified atom stereocenters. The van der Waals surface area contributed by atoms with Gasteiger partial charge in [0.2, 0.25) is 0 Å². The van der Waals surface area contributed by atoms with Gasteiger partial charge >= 0.3 is 5.97 Å². The minimum Gasteiger partial charge on any atom is -0.463 e. The van der Waals surface area contributed by atoms with Gasteiger partial charge in [0.05, 0.1) is 17.3 Å². The lowest BCUT2D eigenvalue weighted by Crippen LogP contribution is -2.18. The number of rotatable bonds is 6. The molecule has 94 valence electrons. The maximum Gasteiger partial charge on any atom is 0.330 e. The second-order valence-electron chi connectivity index (χ2n) is 3.71. The minimum absolute atomic E-state index is 0.287. The molecule has 4 nitrogen and oxygen atoms in total. The lowest BCUT2D eigenvalue weighted by molar-refractivity contribution is -0.137. The van der Waals surface area contributed by atoms with Gasteiger partial charge in [-0.1, -0.05) is 6.08 Å². The molecule has 0 saturated heterocycles. The molecule has 0 spiro atoms. The van der Waals surface area contributed by atoms with Crippen LogP contribution in [0.15, 0.2) is 17.5 Å². The summed E-state index contributed by atoms with van der Waals surface area (Å²) in [5.74, 6) is -0.287. The number of hydrogen-bond acceptors (Lipinski definition) is 5. The van der Waals surface area contributed by atoms with Crippen LogP contribution in [0.1, 0.15) is 17.6 Å². The summed E-state index contributed by atoms with van der Waals surface area (Å²) in [4.78, 5) is 17.5. The second kappa shape index (κ2) is 7.19. The number of aryl methyl sites for hydroxylation is 1. The van der Waals surface area contributed by atoms with Gasteiger partial charge in [0.15, 0.2) is 0 Å². The molecule has 1 aromatic rings. The van der Waals surface area contributed by atoms with Gasteiger partial charge in [-0.15, -0.1) is 11.3 Å². The third kappa shape index (κ3) is 5.60. The van der Waals surface area contributed by atoms with Crippen molar-refractivity contribution in [2.24, 2.45) is 0 Å². The molecular weight excluding hydrogens is 236 g/mol. The average molecular weight is 254 g/mol. The standard InChI is InChI=1S/C12H18N2O2S/c1-4-16-12(15)6-5-7-14(3)8-11-9-17-10(2)13-11/h5-6,9H,4,7-8H2,1-3H3/b6-5+. The maximum absolute atomic E-state index is 11.0. The Balaban J connectivity index is 2.30. The van der Waals surface area contributed by atoms with Crippen molar-refractivity contribution >= 4 is 17.3 Å². The number of likely N-dealkylation sites (N-methyl/N-ethyl adjacent to an activating group) is 1. The van der Waals surface area contributed by atoms with Crippen LogP contribution in [0.4, 0.5) is 0 Å². The fraction of sp³-hybridized carbons (Fsp3) is 0.500. The molecule has 0 bridgehead atoms. The summed E-state index contributed by atoms with van der Waals surface area (Å²) in [5, 5.41) is 3.14. The van der Waals surface area contributed by atoms with Crippen molar-refractivity contribution in [3.05, 3.63) is 28.2 Å². The van der Waals surface area contributed by atoms with E-state index in [-0.39, 0.29) is 5.97 Å². The number of esters is 1. The first-order valence-electron chi connectivity index (χ1n) is 5.54. The first-order valence-corrected chi connectivity index (χ1v) is 6.42. The summed E-state index contributed by atoms with van der Waals surface area (Å²) in [6.07, 6.45) is 3.27. The lowest BCUT2D eigenvalue weighted by Gasteiger charge is -2.11. The van der Waals surface area contributed by atoms with Gasteiger partial charge in [-0.3, -0.25) is 4.90 Å². The topological polar surface area (TPSA) is 42.4 Å². The zero-order chi connectivity index (χ0) is 12.7. The summed E-state index contributed by atoms with van der Waals surface area (Å²) >= 11 is 1.65. The van der Waals surface area contributed by atoms with Crippen molar-refractivity contribution in [3.8, 4) is 0 Å². The molecule has 1 aromatic heterocycles. The van der Waals surface area contributed by atoms with Crippen molar-refractivity contribution in [2.45, 2.75) is 20.4 Å². The van der Waals surface area contributed by atoms with Gasteiger partial charge in [0.25, 0.3) is 0 Å². The minimum atomic E-state index is -0.287. The Morgan fingerprint density at radius 3 is 3.00 bits per heavy atom. The average Bonchev–Trinajstić information content (AvgIpc) is 2.64. The van der Waals surface area contributed by atoms with Gasteiger partial charge in [-0.05, 0) is 20.9 Å². The van der Waals surface area contributed by atoms with E-state index >= 15 is 0 Å². The van der Waals surface area contributed by atoms with Crippen LogP contribution in [0.5, 0.6) is 0 Å². The van der Waals surface area contributed by atoms with Gasteiger partial charge in [-0.2, -0.15) is 0 Å². The SMILES string of the molecule is CCOC(=O)/C=C/CN(C)Cc1csc(C)n1. The number of carbonyl (C=O) groups is 1. The van der Waals surface area contributed by atoms with Crippen LogP contribution in [0.25, 0.3) is 0 Å². The Morgan fingerprint density at radius 1 is 1.65 bits per heavy atom. The third-order valence-electron chi connectivity index (χ3n) is 2.06. The quantitative estimate of drug-likeness (QED) is 0.575. The molecule has 17 heavy (non-hydrogen) atoms. The number of ether oxygens (including phenoxy) is 1. The van der Waals surface area contributed by atoms with E-state index in [9.17, 15) is 4.79 Å². The Bertz CT molecular complexity index is 388. The fourth-order valence-corrected chi connectivity index (χ4v) is 1.94. The highest BCUT2D eigenvalue weighted by Crippen LogP contribution is 2.09. The summed E-state index contributed by atoms with van der Waals surface area (Å²) in [5.41, 5.74) is 1.07. The molecule has 0 radical (unpaired) electrons. The Hall–Kier alpha value is -1.20. The van der Waals surface area contributed by atoms with Crippen molar-refractivity contribution in [3.63, 3.8) is 0 Å². The summed E-state index contributed by atoms with van der Waals surface area (Å²) in [6.45, 7) is 5.70. The third-order valence-corrected chi connectivity index (χ3v) is 2.88. The van der Waals surface area contributed by atoms with Crippen LogP contribution in [0.2, 0.25) is 0 Å². The van der Waals surface area contributed by atoms with Gasteiger partial charge < -0.3 is 4.74 Å². The number of hydrogen-bond donors (Lipinski definition) is 0. The number of nitrogens with zero attached hydrogens (tertiary/aromatic N) is 2. The lowest BCUT2D eigenvalue weighted by atomic mass is 10.4. The molecule has 0 aliphatic carbocycles. The molecule has 0 aliphatic rings. The van der Waals surface area contributed by atoms with Crippen molar-refractivity contribution in [1.82, 2.24) is 9.88 Å². The van der Waals surface area contributed by atoms with E-state index in [4.69, 9.17) is 4.74 Å². The van der Waals surface area contributed by atoms with Crippen LogP contribution in [-0.2, 0) is 16.1 Å². The van der Waals surface area contributed by atoms with Crippen LogP contribution < -0.4 is 0 Å². The van der Waals surface area contributed by atoms with E-state index in [0.29, 0.717) is 13.2 Å². The van der Waals surface area contributed by atoms with Gasteiger partial charge in [-0.25, -0.2) is 9.78 Å². The van der Waals surface area contributed by atoms with E-state index in [0.717, 1.165) is 17.2 Å². The van der Waals surface area contributed by atoms with Crippen molar-refractivity contribution < 1.29 is 9.53 Å². The first-order chi connectivity index (χ1) is 8.11. The zero-order valence-electron chi connectivity index (χ0n) is 10.5. The molecule has 0 saturated carbocycles. The molecule has 0 atom stereocenters. The fourth-order valence-electron chi connectivity index (χ4n) is 1.34. The summed E-state index contributed by atoms with van der Waals surface area (Å²) < 4.78 is 4.79. The summed E-state index contributed by atoms with van der Waals surface area (Å²) in [7, 11) is 1.99. The van der Waals surface area contributed by atoms with Gasteiger partial charge in [0.1, 0.15) is 0 Å². The number of carbonyl (C=O) groups excluding carboxylic acids is 1. The highest BCUT2D eigenvalue weighted by molar-refractivity contribution is 7.09. The van der Waals surface area contributed by atoms with Crippen LogP contribution in [0.3, 0.4) is 0 Å². The van der Waals surface area contributed by atoms with Gasteiger partial charge in [0, 0.05) is 24.5 Å². The largest absolute Gasteiger partial charge is 0.463 e. The monoisotopic (exact) mass is 254 g/mol. The molecular formula is C12H18N2O2S. The second-order valence-corrected chi connectivity index (χ2v) is 4.77. The Labute approximate surface area is 106 Å². The highest BCUT2D eigenvalue weighted by Gasteiger charge is 2.02. The molecule has 0 aromatic carbocycles. The predicted octanol–water partition coefficient (Wildman–Crippen LogP) is 2.00. The molecule has 0 N–H and O–H groups in total. The Kier molecular flexibility index (Phi) is 5.86. The predicted molar refractivity (Wildman–Crippen MR) is 69.0 cm³/mol. The molecule has 1 heterocycles. The first kappa shape index (κ1) is 13.9. The van der Waals surface area contributed by atoms with Crippen LogP contribution >= 0.6 is 11.3 Å². The molecule has 5 heteroatoms. The van der Waals surface area contributed by atoms with E-state index in [1.54, 1.807) is 24.3 Å². The van der Waals surface area contributed by atoms with E-state index < -0.39 is 0 Å². The molecule has 0 aliphatic heterocycles. The normalized spacial score (nSPS) is 11.3. The highest BCUT2D eigenvalue weighted by atomic mass is 32.1. The van der Waals surface area contributed by atoms with Crippen LogP contribution in [0, 0.1) is 6.92 Å². The summed E-state index contributed by atoms with van der Waals surface area (Å²) in [6, 6.07) is 0. The molecule has 0 fully saturated rings. The zero-order valence-corrected chi connectivity index (χ0v) is 11.3. The van der Waals surface area contributed by atoms with E-state index in [1.807, 2.05) is 14.0 Å². The van der Waals surface area contributed by atoms with Crippen molar-refractivity contribution in [2.75, 3.05) is 20.2 Å². The number of thiazole rings is 1. The van der Waals surface area contributed by atoms with E-state index in [1.165, 1.54) is 6.08 Å². The molecule has 1 rings (SSSR count). The maximum atomic E-state index is 11.0. The Morgan fingerprint density at radius 2 is 2.41 bits per heavy atom. The smallest absolute Gasteiger partial charge is 0.330 e. The van der Waals surface area contributed by atoms with Crippen LogP contribution in [-0.4, -0.2) is 36.1 Å². The van der Waals surface area contributed by atoms with Crippen molar-refractivity contribution in [1.29, 1.82) is 0 Å². The molecule has 0 amide bonds. The van der Waals surface area contributed by atoms with E-state index in [2.05, 4.69) is 15.3 Å². The number of aromatic nitrogens is 1.